The molecular formula is C9H11ClN2O. The molecule has 0 spiro atoms. The van der Waals surface area contributed by atoms with E-state index in [1.807, 2.05) is 18.2 Å². The molecule has 1 amide bonds. The molecule has 0 bridgehead atoms. The second-order valence-electron chi connectivity index (χ2n) is 2.52. The summed E-state index contributed by atoms with van der Waals surface area (Å²) in [5.74, 6) is -0.268. The Labute approximate surface area is 81.9 Å². The number of amides is 1. The first-order valence-electron chi connectivity index (χ1n) is 3.92. The van der Waals surface area contributed by atoms with E-state index in [4.69, 9.17) is 17.3 Å². The number of hydrogen-bond donors (Lipinski definition) is 2. The van der Waals surface area contributed by atoms with Crippen molar-refractivity contribution in [2.24, 2.45) is 5.73 Å². The number of halogens is 1. The van der Waals surface area contributed by atoms with Gasteiger partial charge in [-0.2, -0.15) is 0 Å². The van der Waals surface area contributed by atoms with Crippen molar-refractivity contribution < 1.29 is 4.79 Å². The highest BCUT2D eigenvalue weighted by Gasteiger charge is 2.15. The van der Waals surface area contributed by atoms with Crippen molar-refractivity contribution >= 4 is 17.5 Å². The van der Waals surface area contributed by atoms with Crippen molar-refractivity contribution in [1.82, 2.24) is 5.32 Å². The van der Waals surface area contributed by atoms with Gasteiger partial charge in [-0.3, -0.25) is 4.79 Å². The molecule has 0 fully saturated rings. The number of benzene rings is 1. The van der Waals surface area contributed by atoms with Gasteiger partial charge in [0.1, 0.15) is 5.38 Å². The van der Waals surface area contributed by atoms with Gasteiger partial charge in [0.2, 0.25) is 5.91 Å². The number of carbonyl (C=O) groups is 1. The lowest BCUT2D eigenvalue weighted by molar-refractivity contribution is -0.120. The van der Waals surface area contributed by atoms with Crippen LogP contribution < -0.4 is 11.1 Å². The third kappa shape index (κ3) is 2.72. The molecule has 1 rings (SSSR count). The molecule has 1 aromatic carbocycles. The van der Waals surface area contributed by atoms with Gasteiger partial charge in [-0.15, -0.1) is 11.6 Å². The predicted molar refractivity (Wildman–Crippen MR) is 52.2 cm³/mol. The molecule has 1 unspecified atom stereocenters. The zero-order valence-corrected chi connectivity index (χ0v) is 7.79. The quantitative estimate of drug-likeness (QED) is 0.563. The summed E-state index contributed by atoms with van der Waals surface area (Å²) in [4.78, 5) is 11.2. The molecule has 1 aromatic rings. The normalized spacial score (nSPS) is 12.2. The number of nitrogens with two attached hydrogens (primary N) is 1. The smallest absolute Gasteiger partial charge is 0.243 e. The SMILES string of the molecule is NCNC(=O)C(Cl)c1ccccc1. The molecule has 0 aliphatic carbocycles. The maximum absolute atomic E-state index is 11.2. The summed E-state index contributed by atoms with van der Waals surface area (Å²) < 4.78 is 0. The molecule has 13 heavy (non-hydrogen) atoms. The highest BCUT2D eigenvalue weighted by molar-refractivity contribution is 6.30. The zero-order valence-electron chi connectivity index (χ0n) is 7.03. The lowest BCUT2D eigenvalue weighted by Gasteiger charge is -2.08. The first-order valence-corrected chi connectivity index (χ1v) is 4.36. The minimum absolute atomic E-state index is 0.106. The first-order chi connectivity index (χ1) is 6.25. The molecule has 0 heterocycles. The van der Waals surface area contributed by atoms with Gasteiger partial charge in [0.15, 0.2) is 0 Å². The third-order valence-corrected chi connectivity index (χ3v) is 2.05. The van der Waals surface area contributed by atoms with Crippen LogP contribution >= 0.6 is 11.6 Å². The molecule has 3 nitrogen and oxygen atoms in total. The summed E-state index contributed by atoms with van der Waals surface area (Å²) in [7, 11) is 0. The Kier molecular flexibility index (Phi) is 3.73. The average Bonchev–Trinajstić information content (AvgIpc) is 2.18. The van der Waals surface area contributed by atoms with Gasteiger partial charge in [0.25, 0.3) is 0 Å². The molecule has 3 N–H and O–H groups in total. The first kappa shape index (κ1) is 10.0. The molecule has 0 radical (unpaired) electrons. The number of nitrogens with one attached hydrogen (secondary N) is 1. The van der Waals surface area contributed by atoms with E-state index < -0.39 is 5.38 Å². The summed E-state index contributed by atoms with van der Waals surface area (Å²) >= 11 is 5.87. The summed E-state index contributed by atoms with van der Waals surface area (Å²) in [6.45, 7) is 0.106. The zero-order chi connectivity index (χ0) is 9.68. The van der Waals surface area contributed by atoms with E-state index in [0.717, 1.165) is 5.56 Å². The van der Waals surface area contributed by atoms with Crippen molar-refractivity contribution in [1.29, 1.82) is 0 Å². The van der Waals surface area contributed by atoms with Gasteiger partial charge in [-0.25, -0.2) is 0 Å². The summed E-state index contributed by atoms with van der Waals surface area (Å²) in [5, 5.41) is 1.79. The van der Waals surface area contributed by atoms with Crippen LogP contribution in [0.5, 0.6) is 0 Å². The molecule has 0 aliphatic heterocycles. The van der Waals surface area contributed by atoms with Gasteiger partial charge in [-0.05, 0) is 5.56 Å². The fourth-order valence-electron chi connectivity index (χ4n) is 0.964. The number of hydrogen-bond acceptors (Lipinski definition) is 2. The molecular weight excluding hydrogens is 188 g/mol. The largest absolute Gasteiger partial charge is 0.342 e. The van der Waals surface area contributed by atoms with E-state index >= 15 is 0 Å². The highest BCUT2D eigenvalue weighted by atomic mass is 35.5. The number of carbonyl (C=O) groups excluding carboxylic acids is 1. The summed E-state index contributed by atoms with van der Waals surface area (Å²) in [5.41, 5.74) is 5.93. The fourth-order valence-corrected chi connectivity index (χ4v) is 1.19. The van der Waals surface area contributed by atoms with Crippen molar-refractivity contribution in [3.63, 3.8) is 0 Å². The van der Waals surface area contributed by atoms with Crippen LogP contribution in [0, 0.1) is 0 Å². The standard InChI is InChI=1S/C9H11ClN2O/c10-8(9(13)12-6-11)7-4-2-1-3-5-7/h1-5,8H,6,11H2,(H,12,13). The van der Waals surface area contributed by atoms with E-state index in [-0.39, 0.29) is 12.6 Å². The summed E-state index contributed by atoms with van der Waals surface area (Å²) in [6.07, 6.45) is 0. The number of rotatable bonds is 3. The van der Waals surface area contributed by atoms with Gasteiger partial charge in [0.05, 0.1) is 6.67 Å². The third-order valence-electron chi connectivity index (χ3n) is 1.60. The highest BCUT2D eigenvalue weighted by Crippen LogP contribution is 2.19. The Hall–Kier alpha value is -1.06. The van der Waals surface area contributed by atoms with Gasteiger partial charge in [0, 0.05) is 0 Å². The van der Waals surface area contributed by atoms with E-state index in [0.29, 0.717) is 0 Å². The van der Waals surface area contributed by atoms with Crippen LogP contribution in [0.4, 0.5) is 0 Å². The Balaban J connectivity index is 2.68. The van der Waals surface area contributed by atoms with Crippen LogP contribution in [0.15, 0.2) is 30.3 Å². The maximum atomic E-state index is 11.2. The van der Waals surface area contributed by atoms with Crippen molar-refractivity contribution in [3.8, 4) is 0 Å². The van der Waals surface area contributed by atoms with E-state index in [1.54, 1.807) is 12.1 Å². The van der Waals surface area contributed by atoms with Crippen LogP contribution in [0.2, 0.25) is 0 Å². The Morgan fingerprint density at radius 3 is 2.62 bits per heavy atom. The van der Waals surface area contributed by atoms with Crippen LogP contribution in [-0.2, 0) is 4.79 Å². The Morgan fingerprint density at radius 2 is 2.08 bits per heavy atom. The Bertz CT molecular complexity index is 276. The number of alkyl halides is 1. The van der Waals surface area contributed by atoms with E-state index in [9.17, 15) is 4.79 Å². The monoisotopic (exact) mass is 198 g/mol. The molecule has 0 saturated carbocycles. The summed E-state index contributed by atoms with van der Waals surface area (Å²) in [6, 6.07) is 9.14. The van der Waals surface area contributed by atoms with E-state index in [1.165, 1.54) is 0 Å². The molecule has 0 aliphatic rings. The van der Waals surface area contributed by atoms with Gasteiger partial charge >= 0.3 is 0 Å². The van der Waals surface area contributed by atoms with Crippen LogP contribution in [0.3, 0.4) is 0 Å². The lowest BCUT2D eigenvalue weighted by Crippen LogP contribution is -2.31. The minimum Gasteiger partial charge on any atom is -0.342 e. The van der Waals surface area contributed by atoms with Crippen LogP contribution in [0.1, 0.15) is 10.9 Å². The van der Waals surface area contributed by atoms with Crippen molar-refractivity contribution in [2.75, 3.05) is 6.67 Å². The molecule has 4 heteroatoms. The minimum atomic E-state index is -0.662. The van der Waals surface area contributed by atoms with Crippen molar-refractivity contribution in [2.45, 2.75) is 5.38 Å². The lowest BCUT2D eigenvalue weighted by atomic mass is 10.1. The molecule has 1 atom stereocenters. The van der Waals surface area contributed by atoms with Gasteiger partial charge < -0.3 is 11.1 Å². The molecule has 0 aromatic heterocycles. The molecule has 0 saturated heterocycles. The topological polar surface area (TPSA) is 55.1 Å². The second-order valence-corrected chi connectivity index (χ2v) is 2.95. The van der Waals surface area contributed by atoms with Crippen LogP contribution in [0.25, 0.3) is 0 Å². The molecule has 70 valence electrons. The van der Waals surface area contributed by atoms with Crippen molar-refractivity contribution in [3.05, 3.63) is 35.9 Å². The van der Waals surface area contributed by atoms with E-state index in [2.05, 4.69) is 5.32 Å². The Morgan fingerprint density at radius 1 is 1.46 bits per heavy atom. The van der Waals surface area contributed by atoms with Crippen LogP contribution in [-0.4, -0.2) is 12.6 Å². The predicted octanol–water partition coefficient (Wildman–Crippen LogP) is 0.999. The average molecular weight is 199 g/mol. The maximum Gasteiger partial charge on any atom is 0.243 e. The second kappa shape index (κ2) is 4.84. The fraction of sp³-hybridized carbons (Fsp3) is 0.222. The van der Waals surface area contributed by atoms with Gasteiger partial charge in [-0.1, -0.05) is 30.3 Å².